The van der Waals surface area contributed by atoms with Gasteiger partial charge in [0.2, 0.25) is 10.9 Å². The van der Waals surface area contributed by atoms with Crippen LogP contribution in [0.1, 0.15) is 28.7 Å². The van der Waals surface area contributed by atoms with Gasteiger partial charge in [-0.25, -0.2) is 4.39 Å². The Morgan fingerprint density at radius 2 is 2.12 bits per heavy atom. The molecule has 0 atom stereocenters. The van der Waals surface area contributed by atoms with Crippen molar-refractivity contribution in [2.45, 2.75) is 26.5 Å². The van der Waals surface area contributed by atoms with Crippen LogP contribution in [0.15, 0.2) is 24.3 Å². The predicted molar refractivity (Wildman–Crippen MR) is 87.2 cm³/mol. The van der Waals surface area contributed by atoms with Crippen LogP contribution in [0.2, 0.25) is 0 Å². The number of anilines is 1. The Hall–Kier alpha value is -2.39. The Bertz CT molecular complexity index is 720. The monoisotopic (exact) mass is 352 g/mol. The topological polar surface area (TPSA) is 93.2 Å². The number of nitrogens with one attached hydrogen (secondary N) is 2. The van der Waals surface area contributed by atoms with Gasteiger partial charge in [-0.15, -0.1) is 10.2 Å². The van der Waals surface area contributed by atoms with E-state index in [2.05, 4.69) is 20.8 Å². The number of nitrogens with zero attached hydrogens (tertiary/aromatic N) is 2. The second kappa shape index (κ2) is 8.46. The van der Waals surface area contributed by atoms with Crippen LogP contribution < -0.4 is 10.6 Å². The molecule has 0 aliphatic rings. The smallest absolute Gasteiger partial charge is 0.286 e. The van der Waals surface area contributed by atoms with Gasteiger partial charge in [-0.1, -0.05) is 17.4 Å². The van der Waals surface area contributed by atoms with Crippen molar-refractivity contribution in [3.8, 4) is 0 Å². The van der Waals surface area contributed by atoms with Crippen molar-refractivity contribution < 1.29 is 18.7 Å². The van der Waals surface area contributed by atoms with Crippen LogP contribution in [-0.2, 0) is 16.1 Å². The van der Waals surface area contributed by atoms with Crippen molar-refractivity contribution in [1.29, 1.82) is 0 Å². The Labute approximate surface area is 142 Å². The highest BCUT2D eigenvalue weighted by Crippen LogP contribution is 2.14. The van der Waals surface area contributed by atoms with Gasteiger partial charge in [0.25, 0.3) is 5.91 Å². The molecule has 1 heterocycles. The summed E-state index contributed by atoms with van der Waals surface area (Å²) in [5.74, 6) is -1.15. The zero-order chi connectivity index (χ0) is 17.5. The molecule has 0 spiro atoms. The molecule has 1 aromatic heterocycles. The van der Waals surface area contributed by atoms with Crippen LogP contribution in [-0.4, -0.2) is 34.7 Å². The highest BCUT2D eigenvalue weighted by atomic mass is 32.1. The number of carbonyl (C=O) groups is 2. The highest BCUT2D eigenvalue weighted by Gasteiger charge is 2.14. The van der Waals surface area contributed by atoms with E-state index in [4.69, 9.17) is 4.74 Å². The normalized spacial score (nSPS) is 10.7. The fraction of sp³-hybridized carbons (Fsp3) is 0.333. The van der Waals surface area contributed by atoms with Gasteiger partial charge >= 0.3 is 0 Å². The van der Waals surface area contributed by atoms with Crippen LogP contribution in [0.3, 0.4) is 0 Å². The molecular formula is C15H17FN4O3S. The number of hydrogen-bond donors (Lipinski definition) is 2. The molecule has 0 bridgehead atoms. The van der Waals surface area contributed by atoms with Gasteiger partial charge in [-0.3, -0.25) is 9.59 Å². The Morgan fingerprint density at radius 1 is 1.33 bits per heavy atom. The lowest BCUT2D eigenvalue weighted by molar-refractivity contribution is -0.126. The van der Waals surface area contributed by atoms with Crippen LogP contribution in [0.5, 0.6) is 0 Å². The largest absolute Gasteiger partial charge is 0.364 e. The molecule has 24 heavy (non-hydrogen) atoms. The Kier molecular flexibility index (Phi) is 6.33. The first-order valence-electron chi connectivity index (χ1n) is 7.20. The van der Waals surface area contributed by atoms with Gasteiger partial charge in [0.05, 0.1) is 0 Å². The lowest BCUT2D eigenvalue weighted by Crippen LogP contribution is -2.33. The second-order valence-electron chi connectivity index (χ2n) is 5.18. The predicted octanol–water partition coefficient (Wildman–Crippen LogP) is 1.97. The van der Waals surface area contributed by atoms with Gasteiger partial charge in [0.15, 0.2) is 0 Å². The van der Waals surface area contributed by atoms with E-state index < -0.39 is 11.7 Å². The molecule has 0 fully saturated rings. The van der Waals surface area contributed by atoms with Crippen LogP contribution in [0, 0.1) is 5.82 Å². The summed E-state index contributed by atoms with van der Waals surface area (Å²) in [6.07, 6.45) is 0. The molecule has 0 unspecified atom stereocenters. The summed E-state index contributed by atoms with van der Waals surface area (Å²) in [7, 11) is 0. The second-order valence-corrected chi connectivity index (χ2v) is 6.24. The fourth-order valence-electron chi connectivity index (χ4n) is 1.75. The van der Waals surface area contributed by atoms with E-state index in [0.717, 1.165) is 11.3 Å². The molecular weight excluding hydrogens is 335 g/mol. The third-order valence-electron chi connectivity index (χ3n) is 2.65. The van der Waals surface area contributed by atoms with Crippen molar-refractivity contribution in [3.05, 3.63) is 40.1 Å². The Morgan fingerprint density at radius 3 is 2.83 bits per heavy atom. The molecule has 9 heteroatoms. The summed E-state index contributed by atoms with van der Waals surface area (Å²) < 4.78 is 18.3. The lowest BCUT2D eigenvalue weighted by Gasteiger charge is -2.07. The van der Waals surface area contributed by atoms with E-state index in [9.17, 15) is 14.0 Å². The van der Waals surface area contributed by atoms with Crippen LogP contribution in [0.4, 0.5) is 10.1 Å². The van der Waals surface area contributed by atoms with Crippen molar-refractivity contribution in [3.63, 3.8) is 0 Å². The van der Waals surface area contributed by atoms with Crippen molar-refractivity contribution in [2.75, 3.05) is 11.9 Å². The molecule has 0 aliphatic carbocycles. The van der Waals surface area contributed by atoms with Crippen molar-refractivity contribution >= 4 is 28.8 Å². The Balaban J connectivity index is 1.84. The van der Waals surface area contributed by atoms with Gasteiger partial charge < -0.3 is 15.4 Å². The van der Waals surface area contributed by atoms with E-state index in [-0.39, 0.29) is 30.2 Å². The standard InChI is InChI=1S/C15H17FN4O3S/c1-9(2)17-12(21)7-23-8-13-19-20-15(24-13)14(22)18-11-5-3-4-10(16)6-11/h3-6,9H,7-8H2,1-2H3,(H,17,21)(H,18,22). The average Bonchev–Trinajstić information content (AvgIpc) is 2.95. The number of carbonyl (C=O) groups excluding carboxylic acids is 2. The molecule has 0 radical (unpaired) electrons. The zero-order valence-electron chi connectivity index (χ0n) is 13.2. The van der Waals surface area contributed by atoms with Gasteiger partial charge in [0, 0.05) is 11.7 Å². The minimum atomic E-state index is -0.484. The van der Waals surface area contributed by atoms with Crippen LogP contribution in [0.25, 0.3) is 0 Å². The third-order valence-corrected chi connectivity index (χ3v) is 3.55. The average molecular weight is 352 g/mol. The molecule has 0 aliphatic heterocycles. The molecule has 128 valence electrons. The maximum absolute atomic E-state index is 13.1. The molecule has 2 N–H and O–H groups in total. The van der Waals surface area contributed by atoms with Gasteiger partial charge in [-0.05, 0) is 32.0 Å². The van der Waals surface area contributed by atoms with E-state index >= 15 is 0 Å². The number of aromatic nitrogens is 2. The first kappa shape index (κ1) is 18.0. The summed E-state index contributed by atoms with van der Waals surface area (Å²) in [4.78, 5) is 23.4. The van der Waals surface area contributed by atoms with Crippen LogP contribution >= 0.6 is 11.3 Å². The highest BCUT2D eigenvalue weighted by molar-refractivity contribution is 7.13. The summed E-state index contributed by atoms with van der Waals surface area (Å²) >= 11 is 1.05. The number of benzene rings is 1. The third kappa shape index (κ3) is 5.67. The molecule has 0 saturated heterocycles. The summed E-state index contributed by atoms with van der Waals surface area (Å²) in [5.41, 5.74) is 0.332. The van der Waals surface area contributed by atoms with E-state index in [0.29, 0.717) is 10.7 Å². The summed E-state index contributed by atoms with van der Waals surface area (Å²) in [6, 6.07) is 5.59. The maximum atomic E-state index is 13.1. The fourth-order valence-corrected chi connectivity index (χ4v) is 2.42. The number of ether oxygens (including phenoxy) is 1. The SMILES string of the molecule is CC(C)NC(=O)COCc1nnc(C(=O)Nc2cccc(F)c2)s1. The number of hydrogen-bond acceptors (Lipinski definition) is 6. The number of rotatable bonds is 7. The summed E-state index contributed by atoms with van der Waals surface area (Å²) in [6.45, 7) is 3.69. The van der Waals surface area contributed by atoms with E-state index in [1.165, 1.54) is 18.2 Å². The quantitative estimate of drug-likeness (QED) is 0.795. The first-order valence-corrected chi connectivity index (χ1v) is 8.02. The number of amides is 2. The molecule has 2 aromatic rings. The number of halogens is 1. The molecule has 2 amide bonds. The molecule has 0 saturated carbocycles. The minimum absolute atomic E-state index is 0.0424. The van der Waals surface area contributed by atoms with E-state index in [1.807, 2.05) is 13.8 Å². The summed E-state index contributed by atoms with van der Waals surface area (Å²) in [5, 5.41) is 13.4. The van der Waals surface area contributed by atoms with Crippen molar-refractivity contribution in [1.82, 2.24) is 15.5 Å². The maximum Gasteiger partial charge on any atom is 0.286 e. The minimum Gasteiger partial charge on any atom is -0.364 e. The molecule has 1 aromatic carbocycles. The molecule has 7 nitrogen and oxygen atoms in total. The lowest BCUT2D eigenvalue weighted by atomic mass is 10.3. The van der Waals surface area contributed by atoms with Gasteiger partial charge in [-0.2, -0.15) is 0 Å². The van der Waals surface area contributed by atoms with Crippen molar-refractivity contribution in [2.24, 2.45) is 0 Å². The van der Waals surface area contributed by atoms with E-state index in [1.54, 1.807) is 6.07 Å². The zero-order valence-corrected chi connectivity index (χ0v) is 14.0. The van der Waals surface area contributed by atoms with Gasteiger partial charge in [0.1, 0.15) is 24.0 Å². The first-order chi connectivity index (χ1) is 11.4. The molecule has 2 rings (SSSR count).